The Labute approximate surface area is 144 Å². The van der Waals surface area contributed by atoms with Crippen LogP contribution in [0.1, 0.15) is 37.7 Å². The van der Waals surface area contributed by atoms with Crippen LogP contribution in [-0.4, -0.2) is 30.1 Å². The summed E-state index contributed by atoms with van der Waals surface area (Å²) < 4.78 is 6.15. The Hall–Kier alpha value is -1.56. The molecule has 0 aromatic heterocycles. The highest BCUT2D eigenvalue weighted by Crippen LogP contribution is 2.25. The van der Waals surface area contributed by atoms with Crippen LogP contribution < -0.4 is 10.1 Å². The largest absolute Gasteiger partial charge is 0.496 e. The molecule has 1 aromatic carbocycles. The standard InChI is InChI=1S/C17H22BrNO4/c1-23-15-8-7-12(18)9-11(15)10-16(20)19-14-6-4-2-3-5-13(14)17(21)22/h7-9,13-14H,2-6,10H2,1H3,(H,19,20)(H,21,22)/t13-,14+/m1/s1. The van der Waals surface area contributed by atoms with Gasteiger partial charge in [-0.25, -0.2) is 0 Å². The van der Waals surface area contributed by atoms with Gasteiger partial charge < -0.3 is 15.2 Å². The molecule has 23 heavy (non-hydrogen) atoms. The number of hydrogen-bond donors (Lipinski definition) is 2. The van der Waals surface area contributed by atoms with E-state index in [-0.39, 0.29) is 18.4 Å². The van der Waals surface area contributed by atoms with Gasteiger partial charge in [0.25, 0.3) is 0 Å². The highest BCUT2D eigenvalue weighted by molar-refractivity contribution is 9.10. The molecule has 1 amide bonds. The van der Waals surface area contributed by atoms with Crippen molar-refractivity contribution in [3.05, 3.63) is 28.2 Å². The molecule has 0 bridgehead atoms. The Morgan fingerprint density at radius 2 is 2.04 bits per heavy atom. The van der Waals surface area contributed by atoms with Crippen LogP contribution >= 0.6 is 15.9 Å². The average Bonchev–Trinajstić information content (AvgIpc) is 2.73. The highest BCUT2D eigenvalue weighted by atomic mass is 79.9. The molecule has 1 aliphatic carbocycles. The van der Waals surface area contributed by atoms with Crippen LogP contribution in [0.4, 0.5) is 0 Å². The van der Waals surface area contributed by atoms with Gasteiger partial charge in [-0.05, 0) is 31.0 Å². The summed E-state index contributed by atoms with van der Waals surface area (Å²) in [7, 11) is 1.57. The number of rotatable bonds is 5. The number of methoxy groups -OCH3 is 1. The van der Waals surface area contributed by atoms with Gasteiger partial charge in [0.05, 0.1) is 19.4 Å². The van der Waals surface area contributed by atoms with Crippen LogP contribution in [0, 0.1) is 5.92 Å². The molecule has 1 saturated carbocycles. The summed E-state index contributed by atoms with van der Waals surface area (Å²) in [6.07, 6.45) is 4.40. The molecule has 126 valence electrons. The molecule has 6 heteroatoms. The zero-order valence-electron chi connectivity index (χ0n) is 13.2. The Morgan fingerprint density at radius 3 is 2.74 bits per heavy atom. The number of hydrogen-bond acceptors (Lipinski definition) is 3. The van der Waals surface area contributed by atoms with E-state index in [1.165, 1.54) is 0 Å². The Morgan fingerprint density at radius 1 is 1.30 bits per heavy atom. The maximum absolute atomic E-state index is 12.4. The van der Waals surface area contributed by atoms with Gasteiger partial charge in [-0.3, -0.25) is 9.59 Å². The molecule has 5 nitrogen and oxygen atoms in total. The van der Waals surface area contributed by atoms with Crippen molar-refractivity contribution in [3.63, 3.8) is 0 Å². The number of nitrogens with one attached hydrogen (secondary N) is 1. The number of amides is 1. The number of carboxylic acids is 1. The summed E-state index contributed by atoms with van der Waals surface area (Å²) in [4.78, 5) is 23.8. The topological polar surface area (TPSA) is 75.6 Å². The second-order valence-electron chi connectivity index (χ2n) is 5.89. The summed E-state index contributed by atoms with van der Waals surface area (Å²) in [6.45, 7) is 0. The predicted octanol–water partition coefficient (Wildman–Crippen LogP) is 3.15. The summed E-state index contributed by atoms with van der Waals surface area (Å²) in [5, 5.41) is 12.3. The normalized spacial score (nSPS) is 21.3. The molecule has 0 heterocycles. The molecular formula is C17H22BrNO4. The van der Waals surface area contributed by atoms with Crippen molar-refractivity contribution >= 4 is 27.8 Å². The predicted molar refractivity (Wildman–Crippen MR) is 90.5 cm³/mol. The summed E-state index contributed by atoms with van der Waals surface area (Å²) in [5.41, 5.74) is 0.778. The maximum Gasteiger partial charge on any atom is 0.308 e. The van der Waals surface area contributed by atoms with Crippen molar-refractivity contribution in [1.82, 2.24) is 5.32 Å². The van der Waals surface area contributed by atoms with E-state index < -0.39 is 11.9 Å². The van der Waals surface area contributed by atoms with Crippen molar-refractivity contribution in [2.75, 3.05) is 7.11 Å². The Bertz CT molecular complexity index is 576. The van der Waals surface area contributed by atoms with Crippen molar-refractivity contribution in [3.8, 4) is 5.75 Å². The fourth-order valence-corrected chi connectivity index (χ4v) is 3.50. The van der Waals surface area contributed by atoms with Crippen LogP contribution in [0.2, 0.25) is 0 Å². The molecule has 0 unspecified atom stereocenters. The molecule has 0 saturated heterocycles. The Kier molecular flexibility index (Phi) is 6.45. The van der Waals surface area contributed by atoms with Crippen molar-refractivity contribution in [2.24, 2.45) is 5.92 Å². The first-order chi connectivity index (χ1) is 11.0. The van der Waals surface area contributed by atoms with Crippen LogP contribution in [0.15, 0.2) is 22.7 Å². The zero-order chi connectivity index (χ0) is 16.8. The minimum absolute atomic E-state index is 0.167. The van der Waals surface area contributed by atoms with Gasteiger partial charge in [0, 0.05) is 16.1 Å². The van der Waals surface area contributed by atoms with E-state index in [1.807, 2.05) is 12.1 Å². The minimum Gasteiger partial charge on any atom is -0.496 e. The second-order valence-corrected chi connectivity index (χ2v) is 6.81. The number of carboxylic acid groups (broad SMARTS) is 1. The molecule has 0 aliphatic heterocycles. The van der Waals surface area contributed by atoms with E-state index in [0.717, 1.165) is 35.7 Å². The molecule has 1 aromatic rings. The van der Waals surface area contributed by atoms with Gasteiger partial charge in [-0.1, -0.05) is 35.2 Å². The number of ether oxygens (including phenoxy) is 1. The molecule has 0 radical (unpaired) electrons. The minimum atomic E-state index is -0.822. The first kappa shape index (κ1) is 17.8. The molecule has 1 fully saturated rings. The van der Waals surface area contributed by atoms with Crippen LogP contribution in [0.3, 0.4) is 0 Å². The lowest BCUT2D eigenvalue weighted by atomic mass is 9.94. The molecule has 2 N–H and O–H groups in total. The molecule has 1 aliphatic rings. The third kappa shape index (κ3) is 4.96. The van der Waals surface area contributed by atoms with E-state index in [0.29, 0.717) is 12.2 Å². The van der Waals surface area contributed by atoms with Crippen LogP contribution in [0.5, 0.6) is 5.75 Å². The number of benzene rings is 1. The molecule has 0 spiro atoms. The highest BCUT2D eigenvalue weighted by Gasteiger charge is 2.30. The summed E-state index contributed by atoms with van der Waals surface area (Å²) in [5.74, 6) is -0.832. The van der Waals surface area contributed by atoms with Crippen molar-refractivity contribution in [2.45, 2.75) is 44.6 Å². The first-order valence-electron chi connectivity index (χ1n) is 7.86. The number of aliphatic carboxylic acids is 1. The second kappa shape index (κ2) is 8.34. The van der Waals surface area contributed by atoms with Gasteiger partial charge in [0.1, 0.15) is 5.75 Å². The first-order valence-corrected chi connectivity index (χ1v) is 8.65. The van der Waals surface area contributed by atoms with E-state index in [2.05, 4.69) is 21.2 Å². The summed E-state index contributed by atoms with van der Waals surface area (Å²) >= 11 is 3.39. The summed E-state index contributed by atoms with van der Waals surface area (Å²) in [6, 6.07) is 5.21. The van der Waals surface area contributed by atoms with Crippen LogP contribution in [-0.2, 0) is 16.0 Å². The lowest BCUT2D eigenvalue weighted by molar-refractivity contribution is -0.143. The molecular weight excluding hydrogens is 362 g/mol. The number of carbonyl (C=O) groups excluding carboxylic acids is 1. The van der Waals surface area contributed by atoms with Gasteiger partial charge in [0.2, 0.25) is 5.91 Å². The average molecular weight is 384 g/mol. The molecule has 2 atom stereocenters. The quantitative estimate of drug-likeness (QED) is 0.765. The van der Waals surface area contributed by atoms with E-state index in [1.54, 1.807) is 13.2 Å². The van der Waals surface area contributed by atoms with Crippen molar-refractivity contribution < 1.29 is 19.4 Å². The number of halogens is 1. The third-order valence-corrected chi connectivity index (χ3v) is 4.77. The fourth-order valence-electron chi connectivity index (χ4n) is 3.09. The third-order valence-electron chi connectivity index (χ3n) is 4.27. The van der Waals surface area contributed by atoms with Gasteiger partial charge in [-0.2, -0.15) is 0 Å². The SMILES string of the molecule is COc1ccc(Br)cc1CC(=O)N[C@H]1CCCCC[C@H]1C(=O)O. The monoisotopic (exact) mass is 383 g/mol. The fraction of sp³-hybridized carbons (Fsp3) is 0.529. The number of carbonyl (C=O) groups is 2. The van der Waals surface area contributed by atoms with Gasteiger partial charge in [0.15, 0.2) is 0 Å². The van der Waals surface area contributed by atoms with Gasteiger partial charge >= 0.3 is 5.97 Å². The zero-order valence-corrected chi connectivity index (χ0v) is 14.8. The van der Waals surface area contributed by atoms with Crippen molar-refractivity contribution in [1.29, 1.82) is 0 Å². The Balaban J connectivity index is 2.05. The van der Waals surface area contributed by atoms with Crippen LogP contribution in [0.25, 0.3) is 0 Å². The lowest BCUT2D eigenvalue weighted by Gasteiger charge is -2.23. The van der Waals surface area contributed by atoms with E-state index in [9.17, 15) is 14.7 Å². The smallest absolute Gasteiger partial charge is 0.308 e. The van der Waals surface area contributed by atoms with Gasteiger partial charge in [-0.15, -0.1) is 0 Å². The maximum atomic E-state index is 12.4. The van der Waals surface area contributed by atoms with E-state index in [4.69, 9.17) is 4.74 Å². The molecule has 2 rings (SSSR count). The van der Waals surface area contributed by atoms with E-state index >= 15 is 0 Å². The lowest BCUT2D eigenvalue weighted by Crippen LogP contribution is -2.43.